The first-order valence-corrected chi connectivity index (χ1v) is 5.54. The molecule has 3 aromatic rings. The Morgan fingerprint density at radius 3 is 2.24 bits per heavy atom. The van der Waals surface area contributed by atoms with Gasteiger partial charge in [0.1, 0.15) is 0 Å². The van der Waals surface area contributed by atoms with Crippen molar-refractivity contribution in [2.24, 2.45) is 10.9 Å². The number of nitrogens with zero attached hydrogens (tertiary/aromatic N) is 1. The lowest BCUT2D eigenvalue weighted by Crippen LogP contribution is -1.89. The number of rotatable bonds is 1. The van der Waals surface area contributed by atoms with Crippen molar-refractivity contribution in [1.29, 1.82) is 0 Å². The van der Waals surface area contributed by atoms with E-state index in [1.54, 1.807) is 6.21 Å². The standard InChI is InChI=1S/C15H12N2/c16-17-10-12-9-11-5-1-2-6-13(11)15-8-4-3-7-14(12)15/h1-10H,16H2/b17-10+. The average molecular weight is 220 g/mol. The van der Waals surface area contributed by atoms with E-state index in [-0.39, 0.29) is 0 Å². The Labute approximate surface area is 99.4 Å². The molecule has 2 heteroatoms. The van der Waals surface area contributed by atoms with Gasteiger partial charge in [-0.2, -0.15) is 5.10 Å². The highest BCUT2D eigenvalue weighted by Gasteiger charge is 2.03. The van der Waals surface area contributed by atoms with Crippen LogP contribution in [0.15, 0.2) is 59.7 Å². The van der Waals surface area contributed by atoms with E-state index in [1.807, 2.05) is 12.1 Å². The van der Waals surface area contributed by atoms with E-state index in [4.69, 9.17) is 5.84 Å². The van der Waals surface area contributed by atoms with Crippen LogP contribution in [0.3, 0.4) is 0 Å². The van der Waals surface area contributed by atoms with E-state index in [1.165, 1.54) is 21.5 Å². The molecule has 2 nitrogen and oxygen atoms in total. The first-order valence-electron chi connectivity index (χ1n) is 5.54. The van der Waals surface area contributed by atoms with Crippen molar-refractivity contribution in [2.75, 3.05) is 0 Å². The second kappa shape index (κ2) is 3.91. The van der Waals surface area contributed by atoms with Gasteiger partial charge < -0.3 is 5.84 Å². The van der Waals surface area contributed by atoms with Crippen LogP contribution in [0.4, 0.5) is 0 Å². The van der Waals surface area contributed by atoms with Crippen molar-refractivity contribution < 1.29 is 0 Å². The predicted molar refractivity (Wildman–Crippen MR) is 73.2 cm³/mol. The summed E-state index contributed by atoms with van der Waals surface area (Å²) in [5.74, 6) is 5.27. The van der Waals surface area contributed by atoms with E-state index in [9.17, 15) is 0 Å². The fraction of sp³-hybridized carbons (Fsp3) is 0. The molecule has 3 aromatic carbocycles. The maximum Gasteiger partial charge on any atom is 0.0544 e. The zero-order valence-corrected chi connectivity index (χ0v) is 9.30. The Kier molecular flexibility index (Phi) is 2.26. The zero-order valence-electron chi connectivity index (χ0n) is 9.30. The van der Waals surface area contributed by atoms with Crippen LogP contribution in [0, 0.1) is 0 Å². The van der Waals surface area contributed by atoms with Gasteiger partial charge in [-0.25, -0.2) is 0 Å². The van der Waals surface area contributed by atoms with Crippen molar-refractivity contribution >= 4 is 27.8 Å². The molecule has 0 heterocycles. The maximum atomic E-state index is 5.27. The van der Waals surface area contributed by atoms with Gasteiger partial charge >= 0.3 is 0 Å². The third-order valence-corrected chi connectivity index (χ3v) is 3.01. The van der Waals surface area contributed by atoms with E-state index in [2.05, 4.69) is 47.6 Å². The molecular formula is C15H12N2. The molecule has 0 amide bonds. The summed E-state index contributed by atoms with van der Waals surface area (Å²) in [4.78, 5) is 0. The number of fused-ring (bicyclic) bond motifs is 3. The molecule has 0 aliphatic heterocycles. The Hall–Kier alpha value is -2.35. The third-order valence-electron chi connectivity index (χ3n) is 3.01. The lowest BCUT2D eigenvalue weighted by atomic mass is 9.98. The summed E-state index contributed by atoms with van der Waals surface area (Å²) < 4.78 is 0. The molecule has 0 aliphatic carbocycles. The molecular weight excluding hydrogens is 208 g/mol. The van der Waals surface area contributed by atoms with Crippen molar-refractivity contribution in [3.8, 4) is 0 Å². The lowest BCUT2D eigenvalue weighted by molar-refractivity contribution is 1.26. The van der Waals surface area contributed by atoms with Crippen molar-refractivity contribution in [3.63, 3.8) is 0 Å². The number of hydrogen-bond donors (Lipinski definition) is 1. The summed E-state index contributed by atoms with van der Waals surface area (Å²) >= 11 is 0. The number of hydrogen-bond acceptors (Lipinski definition) is 2. The minimum atomic E-state index is 1.06. The molecule has 3 rings (SSSR count). The summed E-state index contributed by atoms with van der Waals surface area (Å²) in [5.41, 5.74) is 1.06. The van der Waals surface area contributed by atoms with Crippen LogP contribution in [0.5, 0.6) is 0 Å². The first-order chi connectivity index (χ1) is 8.40. The van der Waals surface area contributed by atoms with Gasteiger partial charge in [-0.3, -0.25) is 0 Å². The van der Waals surface area contributed by atoms with Crippen LogP contribution in [0.2, 0.25) is 0 Å². The van der Waals surface area contributed by atoms with Crippen LogP contribution in [-0.4, -0.2) is 6.21 Å². The van der Waals surface area contributed by atoms with Crippen molar-refractivity contribution in [2.45, 2.75) is 0 Å². The van der Waals surface area contributed by atoms with Gasteiger partial charge in [-0.1, -0.05) is 48.5 Å². The molecule has 17 heavy (non-hydrogen) atoms. The molecule has 0 aliphatic rings. The van der Waals surface area contributed by atoms with Gasteiger partial charge in [0.05, 0.1) is 6.21 Å². The van der Waals surface area contributed by atoms with E-state index >= 15 is 0 Å². The molecule has 0 spiro atoms. The molecule has 0 unspecified atom stereocenters. The zero-order chi connectivity index (χ0) is 11.7. The predicted octanol–water partition coefficient (Wildman–Crippen LogP) is 3.29. The Balaban J connectivity index is 2.54. The summed E-state index contributed by atoms with van der Waals surface area (Å²) in [6.07, 6.45) is 1.70. The minimum absolute atomic E-state index is 1.06. The van der Waals surface area contributed by atoms with E-state index < -0.39 is 0 Å². The van der Waals surface area contributed by atoms with Crippen LogP contribution < -0.4 is 5.84 Å². The van der Waals surface area contributed by atoms with Gasteiger partial charge in [-0.15, -0.1) is 0 Å². The Morgan fingerprint density at radius 2 is 1.47 bits per heavy atom. The number of hydrazone groups is 1. The van der Waals surface area contributed by atoms with Crippen LogP contribution in [0.1, 0.15) is 5.56 Å². The first kappa shape index (κ1) is 9.85. The molecule has 0 bridgehead atoms. The monoisotopic (exact) mass is 220 g/mol. The van der Waals surface area contributed by atoms with Crippen molar-refractivity contribution in [1.82, 2.24) is 0 Å². The second-order valence-corrected chi connectivity index (χ2v) is 4.01. The van der Waals surface area contributed by atoms with Crippen molar-refractivity contribution in [3.05, 3.63) is 60.2 Å². The Bertz CT molecular complexity index is 714. The van der Waals surface area contributed by atoms with E-state index in [0.717, 1.165) is 5.56 Å². The van der Waals surface area contributed by atoms with Gasteiger partial charge in [-0.05, 0) is 27.6 Å². The number of benzene rings is 3. The fourth-order valence-electron chi connectivity index (χ4n) is 2.27. The number of nitrogens with two attached hydrogens (primary N) is 1. The lowest BCUT2D eigenvalue weighted by Gasteiger charge is -2.06. The summed E-state index contributed by atoms with van der Waals surface area (Å²) in [6.45, 7) is 0. The molecule has 0 saturated heterocycles. The largest absolute Gasteiger partial charge is 0.323 e. The molecule has 0 radical (unpaired) electrons. The SMILES string of the molecule is N/N=C/c1cc2ccccc2c2ccccc12. The average Bonchev–Trinajstić information content (AvgIpc) is 2.39. The topological polar surface area (TPSA) is 38.4 Å². The highest BCUT2D eigenvalue weighted by Crippen LogP contribution is 2.27. The second-order valence-electron chi connectivity index (χ2n) is 4.01. The molecule has 82 valence electrons. The van der Waals surface area contributed by atoms with Crippen LogP contribution in [0.25, 0.3) is 21.5 Å². The van der Waals surface area contributed by atoms with Gasteiger partial charge in [0.2, 0.25) is 0 Å². The third kappa shape index (κ3) is 1.54. The quantitative estimate of drug-likeness (QED) is 0.290. The summed E-state index contributed by atoms with van der Waals surface area (Å²) in [5, 5.41) is 8.53. The van der Waals surface area contributed by atoms with Gasteiger partial charge in [0.25, 0.3) is 0 Å². The smallest absolute Gasteiger partial charge is 0.0544 e. The molecule has 0 aromatic heterocycles. The van der Waals surface area contributed by atoms with Crippen LogP contribution in [-0.2, 0) is 0 Å². The highest BCUT2D eigenvalue weighted by atomic mass is 15.1. The molecule has 0 atom stereocenters. The Morgan fingerprint density at radius 1 is 0.824 bits per heavy atom. The van der Waals surface area contributed by atoms with Gasteiger partial charge in [0, 0.05) is 5.56 Å². The summed E-state index contributed by atoms with van der Waals surface area (Å²) in [6, 6.07) is 18.8. The normalized spacial score (nSPS) is 11.5. The molecule has 0 saturated carbocycles. The van der Waals surface area contributed by atoms with Gasteiger partial charge in [0.15, 0.2) is 0 Å². The molecule has 2 N–H and O–H groups in total. The maximum absolute atomic E-state index is 5.27. The highest BCUT2D eigenvalue weighted by molar-refractivity contribution is 6.14. The van der Waals surface area contributed by atoms with E-state index in [0.29, 0.717) is 0 Å². The molecule has 0 fully saturated rings. The summed E-state index contributed by atoms with van der Waals surface area (Å²) in [7, 11) is 0. The minimum Gasteiger partial charge on any atom is -0.323 e. The fourth-order valence-corrected chi connectivity index (χ4v) is 2.27. The van der Waals surface area contributed by atoms with Crippen LogP contribution >= 0.6 is 0 Å².